The second-order valence-corrected chi connectivity index (χ2v) is 5.69. The number of halogens is 2. The Hall–Kier alpha value is -0.890. The molecule has 0 amide bonds. The van der Waals surface area contributed by atoms with E-state index in [2.05, 4.69) is 15.6 Å². The first kappa shape index (κ1) is 23.1. The highest BCUT2D eigenvalue weighted by Crippen LogP contribution is 2.16. The van der Waals surface area contributed by atoms with Crippen LogP contribution in [0.5, 0.6) is 0 Å². The zero-order chi connectivity index (χ0) is 17.1. The molecule has 4 nitrogen and oxygen atoms in total. The van der Waals surface area contributed by atoms with Crippen LogP contribution in [0.1, 0.15) is 50.3 Å². The maximum atomic E-state index is 13.7. The van der Waals surface area contributed by atoms with Crippen molar-refractivity contribution in [2.75, 3.05) is 26.8 Å². The minimum atomic E-state index is -0.170. The van der Waals surface area contributed by atoms with Crippen LogP contribution in [0.2, 0.25) is 0 Å². The van der Waals surface area contributed by atoms with Crippen LogP contribution in [0, 0.1) is 12.7 Å². The van der Waals surface area contributed by atoms with Crippen molar-refractivity contribution in [1.82, 2.24) is 10.6 Å². The summed E-state index contributed by atoms with van der Waals surface area (Å²) in [6, 6.07) is 5.34. The average Bonchev–Trinajstić information content (AvgIpc) is 2.53. The van der Waals surface area contributed by atoms with Crippen molar-refractivity contribution in [3.63, 3.8) is 0 Å². The molecule has 0 saturated carbocycles. The monoisotopic (exact) mass is 451 g/mol. The first-order chi connectivity index (χ1) is 11.1. The molecule has 1 rings (SSSR count). The van der Waals surface area contributed by atoms with Gasteiger partial charge in [0.05, 0.1) is 6.04 Å². The molecule has 1 aromatic rings. The van der Waals surface area contributed by atoms with E-state index in [1.165, 1.54) is 0 Å². The molecule has 0 spiro atoms. The van der Waals surface area contributed by atoms with Gasteiger partial charge < -0.3 is 15.4 Å². The molecule has 0 fully saturated rings. The van der Waals surface area contributed by atoms with Crippen LogP contribution in [0.15, 0.2) is 23.2 Å². The van der Waals surface area contributed by atoms with E-state index < -0.39 is 0 Å². The lowest BCUT2D eigenvalue weighted by atomic mass is 10.1. The van der Waals surface area contributed by atoms with Gasteiger partial charge in [-0.2, -0.15) is 0 Å². The highest BCUT2D eigenvalue weighted by molar-refractivity contribution is 14.0. The summed E-state index contributed by atoms with van der Waals surface area (Å²) < 4.78 is 18.7. The Bertz CT molecular complexity index is 497. The largest absolute Gasteiger partial charge is 0.385 e. The lowest BCUT2D eigenvalue weighted by Gasteiger charge is -2.18. The van der Waals surface area contributed by atoms with Crippen molar-refractivity contribution in [2.45, 2.75) is 46.1 Å². The Morgan fingerprint density at radius 1 is 1.29 bits per heavy atom. The van der Waals surface area contributed by atoms with Crippen LogP contribution in [-0.4, -0.2) is 32.8 Å². The number of aryl methyl sites for hydroxylation is 1. The summed E-state index contributed by atoms with van der Waals surface area (Å²) in [7, 11) is 1.72. The smallest absolute Gasteiger partial charge is 0.191 e. The fraction of sp³-hybridized carbons (Fsp3) is 0.611. The number of guanidine groups is 1. The first-order valence-corrected chi connectivity index (χ1v) is 8.38. The van der Waals surface area contributed by atoms with Gasteiger partial charge in [-0.05, 0) is 57.2 Å². The van der Waals surface area contributed by atoms with Crippen molar-refractivity contribution in [3.8, 4) is 0 Å². The quantitative estimate of drug-likeness (QED) is 0.256. The summed E-state index contributed by atoms with van der Waals surface area (Å²) in [6.07, 6.45) is 3.21. The lowest BCUT2D eigenvalue weighted by molar-refractivity contribution is 0.192. The third-order valence-corrected chi connectivity index (χ3v) is 3.67. The van der Waals surface area contributed by atoms with Gasteiger partial charge in [0.25, 0.3) is 0 Å². The normalized spacial score (nSPS) is 12.5. The van der Waals surface area contributed by atoms with Gasteiger partial charge >= 0.3 is 0 Å². The topological polar surface area (TPSA) is 45.7 Å². The summed E-state index contributed by atoms with van der Waals surface area (Å²) >= 11 is 0. The van der Waals surface area contributed by atoms with Gasteiger partial charge in [0.2, 0.25) is 0 Å². The predicted octanol–water partition coefficient (Wildman–Crippen LogP) is 4.18. The number of methoxy groups -OCH3 is 1. The van der Waals surface area contributed by atoms with Gasteiger partial charge in [-0.3, -0.25) is 4.99 Å². The third-order valence-electron chi connectivity index (χ3n) is 3.67. The molecule has 2 N–H and O–H groups in total. The van der Waals surface area contributed by atoms with Gasteiger partial charge in [0.15, 0.2) is 5.96 Å². The van der Waals surface area contributed by atoms with Crippen molar-refractivity contribution >= 4 is 29.9 Å². The van der Waals surface area contributed by atoms with Crippen molar-refractivity contribution in [3.05, 3.63) is 35.1 Å². The summed E-state index contributed by atoms with van der Waals surface area (Å²) in [4.78, 5) is 4.58. The van der Waals surface area contributed by atoms with Gasteiger partial charge in [-0.1, -0.05) is 12.1 Å². The Morgan fingerprint density at radius 3 is 2.67 bits per heavy atom. The summed E-state index contributed by atoms with van der Waals surface area (Å²) in [5.74, 6) is 0.601. The molecule has 1 atom stereocenters. The first-order valence-electron chi connectivity index (χ1n) is 8.38. The predicted molar refractivity (Wildman–Crippen MR) is 110 cm³/mol. The number of rotatable bonds is 9. The molecule has 0 saturated heterocycles. The molecule has 0 heterocycles. The van der Waals surface area contributed by atoms with Gasteiger partial charge in [-0.25, -0.2) is 4.39 Å². The number of hydrogen-bond donors (Lipinski definition) is 2. The molecule has 24 heavy (non-hydrogen) atoms. The molecule has 0 radical (unpaired) electrons. The Kier molecular flexibility index (Phi) is 12.9. The van der Waals surface area contributed by atoms with Crippen molar-refractivity contribution in [2.24, 2.45) is 4.99 Å². The van der Waals surface area contributed by atoms with E-state index in [9.17, 15) is 4.39 Å². The van der Waals surface area contributed by atoms with Crippen LogP contribution >= 0.6 is 24.0 Å². The number of unbranched alkanes of at least 4 members (excludes halogenated alkanes) is 2. The number of benzene rings is 1. The molecular weight excluding hydrogens is 420 g/mol. The van der Waals surface area contributed by atoms with E-state index in [4.69, 9.17) is 4.74 Å². The van der Waals surface area contributed by atoms with E-state index in [1.54, 1.807) is 20.1 Å². The minimum Gasteiger partial charge on any atom is -0.385 e. The van der Waals surface area contributed by atoms with Gasteiger partial charge in [0.1, 0.15) is 5.82 Å². The lowest BCUT2D eigenvalue weighted by Crippen LogP contribution is -2.38. The van der Waals surface area contributed by atoms with E-state index in [-0.39, 0.29) is 35.8 Å². The van der Waals surface area contributed by atoms with Crippen LogP contribution in [-0.2, 0) is 4.74 Å². The van der Waals surface area contributed by atoms with Crippen LogP contribution < -0.4 is 10.6 Å². The second kappa shape index (κ2) is 13.4. The van der Waals surface area contributed by atoms with E-state index in [0.29, 0.717) is 5.56 Å². The number of nitrogens with one attached hydrogen (secondary N) is 2. The standard InChI is InChI=1S/C18H30FN3O.HI/c1-5-20-18(21-11-7-6-8-12-23-4)22-15(3)16-10-9-14(2)17(19)13-16;/h9-10,13,15H,5-8,11-12H2,1-4H3,(H2,20,21,22);1H. The summed E-state index contributed by atoms with van der Waals surface area (Å²) in [6.45, 7) is 8.18. The summed E-state index contributed by atoms with van der Waals surface area (Å²) in [5, 5.41) is 6.56. The number of nitrogens with zero attached hydrogens (tertiary/aromatic N) is 1. The van der Waals surface area contributed by atoms with Crippen molar-refractivity contribution in [1.29, 1.82) is 0 Å². The zero-order valence-electron chi connectivity index (χ0n) is 15.2. The third kappa shape index (κ3) is 8.82. The van der Waals surface area contributed by atoms with Gasteiger partial charge in [-0.15, -0.1) is 24.0 Å². The molecule has 0 aliphatic rings. The fourth-order valence-electron chi connectivity index (χ4n) is 2.21. The number of hydrogen-bond acceptors (Lipinski definition) is 2. The average molecular weight is 451 g/mol. The number of ether oxygens (including phenoxy) is 1. The SMILES string of the molecule is CCNC(=NCCCCCOC)NC(C)c1ccc(C)c(F)c1.I. The molecule has 0 aliphatic heterocycles. The highest BCUT2D eigenvalue weighted by Gasteiger charge is 2.09. The van der Waals surface area contributed by atoms with Crippen LogP contribution in [0.25, 0.3) is 0 Å². The van der Waals surface area contributed by atoms with E-state index in [0.717, 1.165) is 50.5 Å². The van der Waals surface area contributed by atoms with Crippen LogP contribution in [0.3, 0.4) is 0 Å². The maximum Gasteiger partial charge on any atom is 0.191 e. The van der Waals surface area contributed by atoms with E-state index in [1.807, 2.05) is 26.0 Å². The second-order valence-electron chi connectivity index (χ2n) is 5.69. The molecular formula is C18H31FIN3O. The Labute approximate surface area is 162 Å². The number of aliphatic imine (C=N–C) groups is 1. The molecule has 1 aromatic carbocycles. The molecule has 0 aliphatic carbocycles. The van der Waals surface area contributed by atoms with Crippen molar-refractivity contribution < 1.29 is 9.13 Å². The molecule has 138 valence electrons. The van der Waals surface area contributed by atoms with E-state index >= 15 is 0 Å². The molecule has 0 bridgehead atoms. The maximum absolute atomic E-state index is 13.7. The molecule has 1 unspecified atom stereocenters. The zero-order valence-corrected chi connectivity index (χ0v) is 17.5. The summed E-state index contributed by atoms with van der Waals surface area (Å²) in [5.41, 5.74) is 1.58. The Morgan fingerprint density at radius 2 is 2.04 bits per heavy atom. The Balaban J connectivity index is 0.00000529. The highest BCUT2D eigenvalue weighted by atomic mass is 127. The van der Waals surface area contributed by atoms with Gasteiger partial charge in [0, 0.05) is 26.8 Å². The molecule has 0 aromatic heterocycles. The molecule has 6 heteroatoms. The van der Waals surface area contributed by atoms with Crippen LogP contribution in [0.4, 0.5) is 4.39 Å². The fourth-order valence-corrected chi connectivity index (χ4v) is 2.21. The minimum absolute atomic E-state index is 0.